The van der Waals surface area contributed by atoms with Gasteiger partial charge < -0.3 is 24.2 Å². The molecule has 44 heavy (non-hydrogen) atoms. The largest absolute Gasteiger partial charge is 0.454 e. The minimum absolute atomic E-state index is 0.00212. The third-order valence-corrected chi connectivity index (χ3v) is 11.0. The fraction of sp³-hybridized carbons (Fsp3) is 0.606. The average molecular weight is 610 g/mol. The number of aliphatic hydroxyl groups is 1. The lowest BCUT2D eigenvalue weighted by Gasteiger charge is -2.59. The summed E-state index contributed by atoms with van der Waals surface area (Å²) in [5.74, 6) is -1.10. The molecule has 5 unspecified atom stereocenters. The van der Waals surface area contributed by atoms with Gasteiger partial charge in [0.1, 0.15) is 6.61 Å². The Morgan fingerprint density at radius 2 is 1.95 bits per heavy atom. The molecule has 11 nitrogen and oxygen atoms in total. The van der Waals surface area contributed by atoms with Crippen LogP contribution in [0.4, 0.5) is 0 Å². The maximum atomic E-state index is 14.3. The summed E-state index contributed by atoms with van der Waals surface area (Å²) in [6.45, 7) is 5.36. The van der Waals surface area contributed by atoms with E-state index in [0.29, 0.717) is 37.7 Å². The molecule has 1 N–H and O–H groups in total. The smallest absolute Gasteiger partial charge is 0.338 e. The third kappa shape index (κ3) is 4.71. The first kappa shape index (κ1) is 30.6. The zero-order chi connectivity index (χ0) is 31.4. The van der Waals surface area contributed by atoms with E-state index in [1.807, 2.05) is 19.9 Å². The molecule has 1 aromatic carbocycles. The van der Waals surface area contributed by atoms with Crippen molar-refractivity contribution in [2.45, 2.75) is 90.0 Å². The molecule has 5 aliphatic rings. The summed E-state index contributed by atoms with van der Waals surface area (Å²) in [6.07, 6.45) is 7.24. The molecule has 0 bridgehead atoms. The van der Waals surface area contributed by atoms with Crippen LogP contribution in [0, 0.1) is 38.7 Å². The highest BCUT2D eigenvalue weighted by atomic mass is 16.9. The lowest BCUT2D eigenvalue weighted by molar-refractivity contribution is -0.763. The number of carbonyl (C=O) groups excluding carboxylic acids is 3. The molecule has 3 fully saturated rings. The zero-order valence-corrected chi connectivity index (χ0v) is 25.2. The van der Waals surface area contributed by atoms with E-state index in [2.05, 4.69) is 17.8 Å². The summed E-state index contributed by atoms with van der Waals surface area (Å²) >= 11 is 0. The Bertz CT molecular complexity index is 1420. The molecule has 2 saturated carbocycles. The predicted octanol–water partition coefficient (Wildman–Crippen LogP) is 4.29. The van der Waals surface area contributed by atoms with Crippen molar-refractivity contribution in [1.29, 1.82) is 0 Å². The molecule has 9 atom stereocenters. The Labute approximate surface area is 255 Å². The van der Waals surface area contributed by atoms with Crippen molar-refractivity contribution >= 4 is 17.5 Å². The van der Waals surface area contributed by atoms with E-state index in [1.54, 1.807) is 6.08 Å². The van der Waals surface area contributed by atoms with Gasteiger partial charge in [-0.3, -0.25) is 9.59 Å². The van der Waals surface area contributed by atoms with Crippen LogP contribution in [0.3, 0.4) is 0 Å². The first-order valence-corrected chi connectivity index (χ1v) is 15.4. The number of benzene rings is 1. The number of allylic oxidation sites excluding steroid dienone is 4. The fourth-order valence-electron chi connectivity index (χ4n) is 9.10. The monoisotopic (exact) mass is 609 g/mol. The molecule has 1 aliphatic heterocycles. The maximum absolute atomic E-state index is 14.3. The standard InChI is InChI=1S/C33H39NO10/c1-4-5-28-43-27-15-24-23-11-10-21-14-22(35)12-13-31(21,2)29(23)25(36)16-32(24,3)33(27,44-28)26(37)18-41-30(38)20-8-6-19(7-9-20)17-42-34(39)40/h6-10,12-13,23-25,27-29,36H,4-5,11,14-18H2,1-3H3/t23?,24-,25-,27+,28?,29?,31?,32?,33+/m0/s1. The minimum atomic E-state index is -1.39. The van der Waals surface area contributed by atoms with Gasteiger partial charge in [-0.1, -0.05) is 57.0 Å². The van der Waals surface area contributed by atoms with Gasteiger partial charge >= 0.3 is 5.97 Å². The van der Waals surface area contributed by atoms with Crippen molar-refractivity contribution in [3.05, 3.63) is 69.3 Å². The second-order valence-corrected chi connectivity index (χ2v) is 13.3. The quantitative estimate of drug-likeness (QED) is 0.186. The van der Waals surface area contributed by atoms with Gasteiger partial charge in [0.15, 0.2) is 24.3 Å². The Hall–Kier alpha value is -3.41. The first-order valence-electron chi connectivity index (χ1n) is 15.4. The van der Waals surface area contributed by atoms with Crippen LogP contribution in [0.2, 0.25) is 0 Å². The molecule has 1 aromatic rings. The Kier molecular flexibility index (Phi) is 7.78. The van der Waals surface area contributed by atoms with Crippen LogP contribution in [0.1, 0.15) is 75.2 Å². The second-order valence-electron chi connectivity index (χ2n) is 13.3. The van der Waals surface area contributed by atoms with Gasteiger partial charge in [-0.25, -0.2) is 4.79 Å². The van der Waals surface area contributed by atoms with Crippen molar-refractivity contribution in [3.63, 3.8) is 0 Å². The molecule has 4 aliphatic carbocycles. The third-order valence-electron chi connectivity index (χ3n) is 11.0. The number of nitrogens with zero attached hydrogens (tertiary/aromatic N) is 1. The summed E-state index contributed by atoms with van der Waals surface area (Å²) in [5, 5.41) is 21.4. The van der Waals surface area contributed by atoms with E-state index in [0.717, 1.165) is 12.0 Å². The number of fused-ring (bicyclic) bond motifs is 7. The molecule has 0 aromatic heterocycles. The topological polar surface area (TPSA) is 152 Å². The number of hydrogen-bond donors (Lipinski definition) is 1. The van der Waals surface area contributed by atoms with Crippen molar-refractivity contribution < 1.29 is 43.6 Å². The van der Waals surface area contributed by atoms with Gasteiger partial charge in [0, 0.05) is 23.2 Å². The molecule has 0 amide bonds. The highest BCUT2D eigenvalue weighted by Gasteiger charge is 2.75. The number of esters is 1. The van der Waals surface area contributed by atoms with E-state index in [1.165, 1.54) is 24.3 Å². The number of ether oxygens (including phenoxy) is 3. The second kappa shape index (κ2) is 11.2. The summed E-state index contributed by atoms with van der Waals surface area (Å²) in [5.41, 5.74) is -0.872. The fourth-order valence-corrected chi connectivity index (χ4v) is 9.10. The van der Waals surface area contributed by atoms with E-state index >= 15 is 0 Å². The van der Waals surface area contributed by atoms with Crippen LogP contribution in [-0.2, 0) is 35.2 Å². The van der Waals surface area contributed by atoms with Gasteiger partial charge in [-0.05, 0) is 61.3 Å². The van der Waals surface area contributed by atoms with Crippen LogP contribution >= 0.6 is 0 Å². The molecule has 1 saturated heterocycles. The number of Topliss-reactive ketones (excluding diaryl/α,β-unsaturated/α-hetero) is 1. The number of ketones is 2. The lowest BCUT2D eigenvalue weighted by atomic mass is 9.47. The number of rotatable bonds is 9. The Morgan fingerprint density at radius 3 is 2.66 bits per heavy atom. The number of hydrogen-bond acceptors (Lipinski definition) is 10. The molecular weight excluding hydrogens is 570 g/mol. The summed E-state index contributed by atoms with van der Waals surface area (Å²) in [7, 11) is 0. The van der Waals surface area contributed by atoms with E-state index in [4.69, 9.17) is 14.2 Å². The first-order chi connectivity index (χ1) is 20.9. The van der Waals surface area contributed by atoms with Gasteiger partial charge in [-0.15, -0.1) is 10.1 Å². The maximum Gasteiger partial charge on any atom is 0.338 e. The van der Waals surface area contributed by atoms with Gasteiger partial charge in [0.2, 0.25) is 5.78 Å². The van der Waals surface area contributed by atoms with Crippen LogP contribution in [0.5, 0.6) is 0 Å². The molecule has 236 valence electrons. The number of carbonyl (C=O) groups is 3. The predicted molar refractivity (Wildman–Crippen MR) is 154 cm³/mol. The summed E-state index contributed by atoms with van der Waals surface area (Å²) in [6, 6.07) is 5.96. The SMILES string of the molecule is CCCC1O[C@@H]2C[C@H]3C4CC=C5CC(=O)C=CC5(C)C4[C@@H](O)CC3(C)[C@]2(C(=O)COC(=O)c2ccc(CO[N+](=O)[O-])cc2)O1. The number of aliphatic hydroxyl groups excluding tert-OH is 1. The molecular formula is C33H39NO10. The van der Waals surface area contributed by atoms with E-state index < -0.39 is 52.6 Å². The van der Waals surface area contributed by atoms with E-state index in [-0.39, 0.29) is 41.5 Å². The van der Waals surface area contributed by atoms with Gasteiger partial charge in [0.25, 0.3) is 5.09 Å². The van der Waals surface area contributed by atoms with Gasteiger partial charge in [0.05, 0.1) is 17.8 Å². The molecule has 1 heterocycles. The van der Waals surface area contributed by atoms with Crippen molar-refractivity contribution in [3.8, 4) is 0 Å². The van der Waals surface area contributed by atoms with Crippen molar-refractivity contribution in [2.24, 2.45) is 28.6 Å². The summed E-state index contributed by atoms with van der Waals surface area (Å²) < 4.78 is 18.5. The highest BCUT2D eigenvalue weighted by Crippen LogP contribution is 2.69. The molecule has 6 rings (SSSR count). The minimum Gasteiger partial charge on any atom is -0.454 e. The average Bonchev–Trinajstić information content (AvgIpc) is 3.47. The Morgan fingerprint density at radius 1 is 1.20 bits per heavy atom. The van der Waals surface area contributed by atoms with Crippen LogP contribution in [0.25, 0.3) is 0 Å². The van der Waals surface area contributed by atoms with E-state index in [9.17, 15) is 29.6 Å². The van der Waals surface area contributed by atoms with Crippen LogP contribution in [-0.4, -0.2) is 58.4 Å². The normalized spacial score (nSPS) is 38.5. The Balaban J connectivity index is 1.25. The highest BCUT2D eigenvalue weighted by molar-refractivity contribution is 5.95. The zero-order valence-electron chi connectivity index (χ0n) is 25.2. The van der Waals surface area contributed by atoms with Crippen molar-refractivity contribution in [1.82, 2.24) is 0 Å². The van der Waals surface area contributed by atoms with Crippen molar-refractivity contribution in [2.75, 3.05) is 6.61 Å². The molecule has 0 spiro atoms. The molecule has 0 radical (unpaired) electrons. The molecule has 11 heteroatoms. The lowest BCUT2D eigenvalue weighted by Crippen LogP contribution is -2.63. The summed E-state index contributed by atoms with van der Waals surface area (Å²) in [4.78, 5) is 54.2. The van der Waals surface area contributed by atoms with Gasteiger partial charge in [-0.2, -0.15) is 0 Å². The van der Waals surface area contributed by atoms with Crippen LogP contribution < -0.4 is 0 Å². The van der Waals surface area contributed by atoms with Crippen LogP contribution in [0.15, 0.2) is 48.1 Å².